The van der Waals surface area contributed by atoms with E-state index >= 15 is 0 Å². The van der Waals surface area contributed by atoms with Gasteiger partial charge in [-0.05, 0) is 29.8 Å². The van der Waals surface area contributed by atoms with Crippen LogP contribution in [-0.2, 0) is 9.53 Å². The van der Waals surface area contributed by atoms with Gasteiger partial charge < -0.3 is 14.4 Å². The van der Waals surface area contributed by atoms with Gasteiger partial charge in [0.2, 0.25) is 0 Å². The summed E-state index contributed by atoms with van der Waals surface area (Å²) < 4.78 is 24.2. The third kappa shape index (κ3) is 4.04. The topological polar surface area (TPSA) is 51.7 Å². The van der Waals surface area contributed by atoms with E-state index in [2.05, 4.69) is 4.98 Å². The first kappa shape index (κ1) is 15.4. The minimum atomic E-state index is -0.390. The first-order valence-corrected chi connectivity index (χ1v) is 7.40. The molecule has 1 fully saturated rings. The molecular formula is C17H17FN2O3. The molecule has 0 aliphatic carbocycles. The number of amides is 1. The minimum absolute atomic E-state index is 0.119. The second kappa shape index (κ2) is 7.19. The summed E-state index contributed by atoms with van der Waals surface area (Å²) in [6.45, 7) is 1.34. The molecule has 0 N–H and O–H groups in total. The number of aromatic nitrogens is 1. The first-order chi connectivity index (χ1) is 11.2. The molecule has 0 saturated carbocycles. The maximum Gasteiger partial charge on any atom is 0.260 e. The van der Waals surface area contributed by atoms with Crippen molar-refractivity contribution in [2.75, 3.05) is 26.3 Å². The highest BCUT2D eigenvalue weighted by molar-refractivity contribution is 5.78. The van der Waals surface area contributed by atoms with E-state index in [9.17, 15) is 9.18 Å². The summed E-state index contributed by atoms with van der Waals surface area (Å²) in [5, 5.41) is 0. The summed E-state index contributed by atoms with van der Waals surface area (Å²) in [5.74, 6) is -0.187. The Hall–Kier alpha value is -2.47. The van der Waals surface area contributed by atoms with E-state index in [-0.39, 0.29) is 24.4 Å². The predicted octanol–water partition coefficient (Wildman–Crippen LogP) is 2.20. The molecule has 1 aromatic carbocycles. The number of halogens is 1. The molecule has 1 unspecified atom stereocenters. The lowest BCUT2D eigenvalue weighted by atomic mass is 10.1. The van der Waals surface area contributed by atoms with Crippen molar-refractivity contribution in [3.8, 4) is 5.75 Å². The van der Waals surface area contributed by atoms with Crippen molar-refractivity contribution in [2.24, 2.45) is 0 Å². The van der Waals surface area contributed by atoms with Gasteiger partial charge in [0.05, 0.1) is 13.2 Å². The molecule has 6 heteroatoms. The zero-order chi connectivity index (χ0) is 16.1. The smallest absolute Gasteiger partial charge is 0.260 e. The molecule has 3 rings (SSSR count). The lowest BCUT2D eigenvalue weighted by molar-refractivity contribution is -0.141. The van der Waals surface area contributed by atoms with Crippen molar-refractivity contribution in [1.82, 2.24) is 9.88 Å². The Morgan fingerprint density at radius 3 is 2.96 bits per heavy atom. The molecule has 1 aliphatic rings. The molecular weight excluding hydrogens is 299 g/mol. The number of benzene rings is 1. The lowest BCUT2D eigenvalue weighted by Gasteiger charge is -2.33. The van der Waals surface area contributed by atoms with E-state index in [0.29, 0.717) is 25.4 Å². The van der Waals surface area contributed by atoms with Crippen LogP contribution >= 0.6 is 0 Å². The highest BCUT2D eigenvalue weighted by Crippen LogP contribution is 2.21. The molecule has 2 aromatic rings. The summed E-state index contributed by atoms with van der Waals surface area (Å²) in [4.78, 5) is 18.0. The van der Waals surface area contributed by atoms with Crippen molar-refractivity contribution >= 4 is 5.91 Å². The number of morpholine rings is 1. The van der Waals surface area contributed by atoms with Gasteiger partial charge in [-0.2, -0.15) is 0 Å². The fourth-order valence-corrected chi connectivity index (χ4v) is 2.45. The molecule has 0 radical (unpaired) electrons. The number of carbonyl (C=O) groups is 1. The van der Waals surface area contributed by atoms with Crippen LogP contribution in [-0.4, -0.2) is 42.1 Å². The number of carbonyl (C=O) groups excluding carboxylic acids is 1. The predicted molar refractivity (Wildman–Crippen MR) is 81.4 cm³/mol. The molecule has 0 spiro atoms. The quantitative estimate of drug-likeness (QED) is 0.868. The molecule has 0 bridgehead atoms. The van der Waals surface area contributed by atoms with E-state index in [1.54, 1.807) is 29.4 Å². The second-order valence-electron chi connectivity index (χ2n) is 5.23. The fraction of sp³-hybridized carbons (Fsp3) is 0.294. The highest BCUT2D eigenvalue weighted by atomic mass is 19.1. The Balaban J connectivity index is 1.57. The van der Waals surface area contributed by atoms with Crippen molar-refractivity contribution in [3.63, 3.8) is 0 Å². The molecule has 23 heavy (non-hydrogen) atoms. The molecule has 5 nitrogen and oxygen atoms in total. The number of nitrogens with zero attached hydrogens (tertiary/aromatic N) is 2. The molecule has 1 aliphatic heterocycles. The van der Waals surface area contributed by atoms with E-state index in [1.165, 1.54) is 12.1 Å². The zero-order valence-electron chi connectivity index (χ0n) is 12.5. The molecule has 1 amide bonds. The SMILES string of the molecule is O=C(COc1cccc(F)c1)N1CCOC(c2ccncc2)C1. The van der Waals surface area contributed by atoms with Crippen LogP contribution in [0, 0.1) is 5.82 Å². The maximum atomic E-state index is 13.1. The molecule has 120 valence electrons. The van der Waals surface area contributed by atoms with Crippen LogP contribution in [0.3, 0.4) is 0 Å². The van der Waals surface area contributed by atoms with Gasteiger partial charge in [0.15, 0.2) is 6.61 Å². The van der Waals surface area contributed by atoms with Gasteiger partial charge in [0, 0.05) is 25.0 Å². The third-order valence-electron chi connectivity index (χ3n) is 3.66. The zero-order valence-corrected chi connectivity index (χ0v) is 12.5. The van der Waals surface area contributed by atoms with Crippen molar-refractivity contribution in [2.45, 2.75) is 6.10 Å². The average molecular weight is 316 g/mol. The number of ether oxygens (including phenoxy) is 2. The largest absolute Gasteiger partial charge is 0.484 e. The Kier molecular flexibility index (Phi) is 4.83. The van der Waals surface area contributed by atoms with Crippen molar-refractivity contribution < 1.29 is 18.7 Å². The van der Waals surface area contributed by atoms with E-state index in [0.717, 1.165) is 5.56 Å². The molecule has 2 heterocycles. The maximum absolute atomic E-state index is 13.1. The van der Waals surface area contributed by atoms with Gasteiger partial charge in [-0.1, -0.05) is 6.07 Å². The summed E-state index contributed by atoms with van der Waals surface area (Å²) in [6.07, 6.45) is 3.24. The number of hydrogen-bond donors (Lipinski definition) is 0. The summed E-state index contributed by atoms with van der Waals surface area (Å²) in [7, 11) is 0. The van der Waals surface area contributed by atoms with Gasteiger partial charge in [0.25, 0.3) is 5.91 Å². The minimum Gasteiger partial charge on any atom is -0.484 e. The summed E-state index contributed by atoms with van der Waals surface area (Å²) in [6, 6.07) is 9.50. The fourth-order valence-electron chi connectivity index (χ4n) is 2.45. The van der Waals surface area contributed by atoms with Crippen molar-refractivity contribution in [3.05, 3.63) is 60.2 Å². The van der Waals surface area contributed by atoms with Gasteiger partial charge >= 0.3 is 0 Å². The highest BCUT2D eigenvalue weighted by Gasteiger charge is 2.25. The summed E-state index contributed by atoms with van der Waals surface area (Å²) in [5.41, 5.74) is 0.989. The van der Waals surface area contributed by atoms with E-state index < -0.39 is 0 Å². The Morgan fingerprint density at radius 2 is 2.17 bits per heavy atom. The lowest BCUT2D eigenvalue weighted by Crippen LogP contribution is -2.44. The Labute approximate surface area is 133 Å². The van der Waals surface area contributed by atoms with Crippen LogP contribution in [0.4, 0.5) is 4.39 Å². The normalized spacial score (nSPS) is 17.8. The van der Waals surface area contributed by atoms with Crippen LogP contribution in [0.15, 0.2) is 48.8 Å². The van der Waals surface area contributed by atoms with Crippen LogP contribution in [0.1, 0.15) is 11.7 Å². The van der Waals surface area contributed by atoms with Crippen LogP contribution in [0.2, 0.25) is 0 Å². The van der Waals surface area contributed by atoms with Gasteiger partial charge in [0.1, 0.15) is 17.7 Å². The van der Waals surface area contributed by atoms with Crippen LogP contribution in [0.5, 0.6) is 5.75 Å². The molecule has 1 saturated heterocycles. The standard InChI is InChI=1S/C17H17FN2O3/c18-14-2-1-3-15(10-14)23-12-17(21)20-8-9-22-16(11-20)13-4-6-19-7-5-13/h1-7,10,16H,8-9,11-12H2. The molecule has 1 aromatic heterocycles. The van der Waals surface area contributed by atoms with E-state index in [4.69, 9.17) is 9.47 Å². The van der Waals surface area contributed by atoms with Crippen molar-refractivity contribution in [1.29, 1.82) is 0 Å². The summed E-state index contributed by atoms with van der Waals surface area (Å²) >= 11 is 0. The average Bonchev–Trinajstić information content (AvgIpc) is 2.61. The Bertz CT molecular complexity index is 666. The third-order valence-corrected chi connectivity index (χ3v) is 3.66. The molecule has 1 atom stereocenters. The van der Waals surface area contributed by atoms with Gasteiger partial charge in [-0.15, -0.1) is 0 Å². The first-order valence-electron chi connectivity index (χ1n) is 7.40. The second-order valence-corrected chi connectivity index (χ2v) is 5.23. The monoisotopic (exact) mass is 316 g/mol. The van der Waals surface area contributed by atoms with Crippen LogP contribution < -0.4 is 4.74 Å². The number of rotatable bonds is 4. The Morgan fingerprint density at radius 1 is 1.35 bits per heavy atom. The van der Waals surface area contributed by atoms with Crippen LogP contribution in [0.25, 0.3) is 0 Å². The van der Waals surface area contributed by atoms with E-state index in [1.807, 2.05) is 12.1 Å². The number of pyridine rings is 1. The number of hydrogen-bond acceptors (Lipinski definition) is 4. The van der Waals surface area contributed by atoms with Gasteiger partial charge in [-0.3, -0.25) is 9.78 Å². The van der Waals surface area contributed by atoms with Gasteiger partial charge in [-0.25, -0.2) is 4.39 Å².